The molecule has 7 heteroatoms. The summed E-state index contributed by atoms with van der Waals surface area (Å²) < 4.78 is 32.9. The van der Waals surface area contributed by atoms with E-state index in [1.54, 1.807) is 12.1 Å². The van der Waals surface area contributed by atoms with Gasteiger partial charge in [0.2, 0.25) is 0 Å². The van der Waals surface area contributed by atoms with E-state index in [0.29, 0.717) is 36.8 Å². The van der Waals surface area contributed by atoms with Crippen LogP contribution in [0.25, 0.3) is 0 Å². The first-order valence-corrected chi connectivity index (χ1v) is 8.16. The van der Waals surface area contributed by atoms with Crippen LogP contribution in [0, 0.1) is 0 Å². The van der Waals surface area contributed by atoms with Crippen LogP contribution in [0.3, 0.4) is 0 Å². The fourth-order valence-electron chi connectivity index (χ4n) is 1.91. The molecular weight excluding hydrogens is 272 g/mol. The molecule has 3 N–H and O–H groups in total. The maximum Gasteiger partial charge on any atom is 0.250 e. The van der Waals surface area contributed by atoms with E-state index in [1.807, 2.05) is 6.92 Å². The van der Waals surface area contributed by atoms with E-state index in [2.05, 4.69) is 4.72 Å². The van der Waals surface area contributed by atoms with Gasteiger partial charge in [0.25, 0.3) is 10.0 Å². The van der Waals surface area contributed by atoms with E-state index >= 15 is 0 Å². The number of thiophene rings is 1. The Kier molecular flexibility index (Phi) is 4.08. The number of hydrogen-bond acceptors (Lipinski definition) is 5. The minimum atomic E-state index is -3.45. The average molecular weight is 290 g/mol. The third kappa shape index (κ3) is 3.10. The largest absolute Gasteiger partial charge is 0.381 e. The summed E-state index contributed by atoms with van der Waals surface area (Å²) >= 11 is 1.22. The summed E-state index contributed by atoms with van der Waals surface area (Å²) in [6.45, 7) is 3.48. The molecule has 2 heterocycles. The first kappa shape index (κ1) is 14.0. The molecule has 0 unspecified atom stereocenters. The number of nitrogens with one attached hydrogen (secondary N) is 1. The first-order chi connectivity index (χ1) is 8.45. The van der Waals surface area contributed by atoms with Gasteiger partial charge in [-0.25, -0.2) is 13.1 Å². The molecule has 1 aliphatic rings. The van der Waals surface area contributed by atoms with Gasteiger partial charge in [-0.15, -0.1) is 11.3 Å². The van der Waals surface area contributed by atoms with Gasteiger partial charge in [-0.05, 0) is 31.9 Å². The van der Waals surface area contributed by atoms with Gasteiger partial charge in [-0.3, -0.25) is 0 Å². The Bertz CT molecular complexity index is 504. The highest BCUT2D eigenvalue weighted by Gasteiger charge is 2.33. The molecule has 0 radical (unpaired) electrons. The lowest BCUT2D eigenvalue weighted by atomic mass is 9.94. The van der Waals surface area contributed by atoms with Crippen molar-refractivity contribution in [2.75, 3.05) is 13.2 Å². The van der Waals surface area contributed by atoms with Crippen molar-refractivity contribution in [3.8, 4) is 0 Å². The second kappa shape index (κ2) is 5.26. The molecule has 0 saturated carbocycles. The minimum absolute atomic E-state index is 0.329. The van der Waals surface area contributed by atoms with Crippen LogP contribution in [0.2, 0.25) is 0 Å². The predicted molar refractivity (Wildman–Crippen MR) is 71.0 cm³/mol. The fourth-order valence-corrected chi connectivity index (χ4v) is 4.61. The van der Waals surface area contributed by atoms with Crippen molar-refractivity contribution in [2.45, 2.75) is 36.1 Å². The highest BCUT2D eigenvalue weighted by Crippen LogP contribution is 2.26. The van der Waals surface area contributed by atoms with Crippen molar-refractivity contribution in [2.24, 2.45) is 5.73 Å². The molecule has 0 amide bonds. The minimum Gasteiger partial charge on any atom is -0.381 e. The lowest BCUT2D eigenvalue weighted by Crippen LogP contribution is -2.49. The Hall–Kier alpha value is -0.470. The maximum absolute atomic E-state index is 12.3. The van der Waals surface area contributed by atoms with Crippen LogP contribution in [0.5, 0.6) is 0 Å². The monoisotopic (exact) mass is 290 g/mol. The molecule has 5 nitrogen and oxygen atoms in total. The number of rotatable bonds is 4. The summed E-state index contributed by atoms with van der Waals surface area (Å²) in [5.74, 6) is 0. The molecule has 2 rings (SSSR count). The van der Waals surface area contributed by atoms with Crippen LogP contribution in [0.15, 0.2) is 16.3 Å². The Balaban J connectivity index is 2.16. The zero-order valence-electron chi connectivity index (χ0n) is 10.3. The first-order valence-electron chi connectivity index (χ1n) is 5.86. The molecule has 1 aromatic rings. The van der Waals surface area contributed by atoms with Crippen molar-refractivity contribution in [1.82, 2.24) is 4.72 Å². The lowest BCUT2D eigenvalue weighted by Gasteiger charge is -2.33. The summed E-state index contributed by atoms with van der Waals surface area (Å²) in [5.41, 5.74) is 5.08. The van der Waals surface area contributed by atoms with Gasteiger partial charge in [-0.2, -0.15) is 0 Å². The van der Waals surface area contributed by atoms with Gasteiger partial charge < -0.3 is 10.5 Å². The normalized spacial score (nSPS) is 19.9. The van der Waals surface area contributed by atoms with Crippen LogP contribution in [-0.4, -0.2) is 27.2 Å². The number of ether oxygens (including phenoxy) is 1. The van der Waals surface area contributed by atoms with E-state index in [0.717, 1.165) is 4.88 Å². The van der Waals surface area contributed by atoms with Crippen LogP contribution >= 0.6 is 11.3 Å². The summed E-state index contributed by atoms with van der Waals surface area (Å²) in [6.07, 6.45) is 1.39. The van der Waals surface area contributed by atoms with Gasteiger partial charge in [0, 0.05) is 30.2 Å². The van der Waals surface area contributed by atoms with Crippen LogP contribution in [0.4, 0.5) is 0 Å². The average Bonchev–Trinajstić information content (AvgIpc) is 2.77. The molecule has 1 saturated heterocycles. The molecule has 1 aromatic heterocycles. The third-order valence-corrected chi connectivity index (χ3v) is 6.32. The fraction of sp³-hybridized carbons (Fsp3) is 0.636. The molecule has 0 spiro atoms. The summed E-state index contributed by atoms with van der Waals surface area (Å²) in [5, 5.41) is 0. The van der Waals surface area contributed by atoms with E-state index in [-0.39, 0.29) is 0 Å². The topological polar surface area (TPSA) is 81.4 Å². The van der Waals surface area contributed by atoms with Gasteiger partial charge in [-0.1, -0.05) is 0 Å². The van der Waals surface area contributed by atoms with Gasteiger partial charge in [0.1, 0.15) is 4.21 Å². The van der Waals surface area contributed by atoms with Gasteiger partial charge >= 0.3 is 0 Å². The number of sulfonamides is 1. The van der Waals surface area contributed by atoms with E-state index in [4.69, 9.17) is 10.5 Å². The summed E-state index contributed by atoms with van der Waals surface area (Å²) in [7, 11) is -3.45. The second-order valence-electron chi connectivity index (χ2n) is 4.70. The molecule has 18 heavy (non-hydrogen) atoms. The predicted octanol–water partition coefficient (Wildman–Crippen LogP) is 1.05. The highest BCUT2D eigenvalue weighted by atomic mass is 32.2. The maximum atomic E-state index is 12.3. The Morgan fingerprint density at radius 3 is 2.67 bits per heavy atom. The lowest BCUT2D eigenvalue weighted by molar-refractivity contribution is 0.0538. The van der Waals surface area contributed by atoms with E-state index in [1.165, 1.54) is 11.3 Å². The molecule has 0 atom stereocenters. The van der Waals surface area contributed by atoms with Crippen molar-refractivity contribution >= 4 is 21.4 Å². The SMILES string of the molecule is CC1(NS(=O)(=O)c2ccc(CN)s2)CCOCC1. The van der Waals surface area contributed by atoms with Crippen LogP contribution in [-0.2, 0) is 21.3 Å². The third-order valence-electron chi connectivity index (χ3n) is 3.08. The number of hydrogen-bond donors (Lipinski definition) is 2. The highest BCUT2D eigenvalue weighted by molar-refractivity contribution is 7.91. The second-order valence-corrected chi connectivity index (χ2v) is 7.78. The Morgan fingerprint density at radius 2 is 2.11 bits per heavy atom. The summed E-state index contributed by atoms with van der Waals surface area (Å²) in [6, 6.07) is 3.36. The Morgan fingerprint density at radius 1 is 1.44 bits per heavy atom. The smallest absolute Gasteiger partial charge is 0.250 e. The van der Waals surface area contributed by atoms with Crippen LogP contribution in [0.1, 0.15) is 24.6 Å². The van der Waals surface area contributed by atoms with Gasteiger partial charge in [0.05, 0.1) is 0 Å². The zero-order valence-corrected chi connectivity index (χ0v) is 11.9. The standard InChI is InChI=1S/C11H18N2O3S2/c1-11(4-6-16-7-5-11)13-18(14,15)10-3-2-9(8-12)17-10/h2-3,13H,4-8,12H2,1H3. The Labute approximate surface area is 111 Å². The van der Waals surface area contributed by atoms with Crippen molar-refractivity contribution in [3.05, 3.63) is 17.0 Å². The zero-order chi connectivity index (χ0) is 13.2. The molecular formula is C11H18N2O3S2. The number of nitrogens with two attached hydrogens (primary N) is 1. The van der Waals surface area contributed by atoms with Gasteiger partial charge in [0.15, 0.2) is 0 Å². The molecule has 0 aliphatic carbocycles. The van der Waals surface area contributed by atoms with Crippen molar-refractivity contribution in [3.63, 3.8) is 0 Å². The quantitative estimate of drug-likeness (QED) is 0.868. The summed E-state index contributed by atoms with van der Waals surface area (Å²) in [4.78, 5) is 0.868. The van der Waals surface area contributed by atoms with Crippen LogP contribution < -0.4 is 10.5 Å². The van der Waals surface area contributed by atoms with Crippen molar-refractivity contribution < 1.29 is 13.2 Å². The molecule has 0 aromatic carbocycles. The van der Waals surface area contributed by atoms with E-state index < -0.39 is 15.6 Å². The molecule has 0 bridgehead atoms. The molecule has 102 valence electrons. The molecule has 1 fully saturated rings. The van der Waals surface area contributed by atoms with E-state index in [9.17, 15) is 8.42 Å². The molecule has 1 aliphatic heterocycles. The van der Waals surface area contributed by atoms with Crippen molar-refractivity contribution in [1.29, 1.82) is 0 Å².